The van der Waals surface area contributed by atoms with Crippen molar-refractivity contribution in [1.82, 2.24) is 0 Å². The monoisotopic (exact) mass is 343 g/mol. The zero-order valence-corrected chi connectivity index (χ0v) is 13.9. The summed E-state index contributed by atoms with van der Waals surface area (Å²) in [6, 6.07) is 11.1. The van der Waals surface area contributed by atoms with Gasteiger partial charge in [0, 0.05) is 22.3 Å². The van der Waals surface area contributed by atoms with Gasteiger partial charge in [-0.1, -0.05) is 47.8 Å². The van der Waals surface area contributed by atoms with Gasteiger partial charge in [0.1, 0.15) is 5.75 Å². The Labute approximate surface area is 140 Å². The average Bonchev–Trinajstić information content (AvgIpc) is 2.43. The Morgan fingerprint density at radius 1 is 1.00 bits per heavy atom. The number of anilines is 1. The third-order valence-electron chi connectivity index (χ3n) is 2.82. The fraction of sp³-hybridized carbons (Fsp3) is 0.250. The van der Waals surface area contributed by atoms with E-state index in [9.17, 15) is 0 Å². The predicted octanol–water partition coefficient (Wildman–Crippen LogP) is 6.05. The van der Waals surface area contributed by atoms with E-state index >= 15 is 0 Å². The largest absolute Gasteiger partial charge is 0.492 e. The molecule has 0 fully saturated rings. The summed E-state index contributed by atoms with van der Waals surface area (Å²) in [4.78, 5) is 0. The maximum absolute atomic E-state index is 6.20. The van der Waals surface area contributed by atoms with Crippen LogP contribution < -0.4 is 10.1 Å². The molecular formula is C16H16Cl3NO. The molecular weight excluding hydrogens is 329 g/mol. The highest BCUT2D eigenvalue weighted by atomic mass is 35.5. The van der Waals surface area contributed by atoms with Crippen LogP contribution in [0, 0.1) is 0 Å². The number of hydrogen-bond acceptors (Lipinski definition) is 2. The van der Waals surface area contributed by atoms with Crippen LogP contribution in [0.2, 0.25) is 15.1 Å². The molecule has 5 heteroatoms. The first-order chi connectivity index (χ1) is 10.1. The smallest absolute Gasteiger partial charge is 0.137 e. The minimum atomic E-state index is 0.603. The number of halogens is 3. The summed E-state index contributed by atoms with van der Waals surface area (Å²) < 4.78 is 5.55. The van der Waals surface area contributed by atoms with Gasteiger partial charge >= 0.3 is 0 Å². The molecule has 0 aliphatic rings. The van der Waals surface area contributed by atoms with Crippen LogP contribution in [0.1, 0.15) is 18.9 Å². The Hall–Kier alpha value is -1.09. The Morgan fingerprint density at radius 2 is 1.71 bits per heavy atom. The van der Waals surface area contributed by atoms with Crippen molar-refractivity contribution >= 4 is 40.5 Å². The summed E-state index contributed by atoms with van der Waals surface area (Å²) in [5.41, 5.74) is 1.93. The van der Waals surface area contributed by atoms with Crippen molar-refractivity contribution in [1.29, 1.82) is 0 Å². The topological polar surface area (TPSA) is 21.3 Å². The van der Waals surface area contributed by atoms with Crippen LogP contribution >= 0.6 is 34.8 Å². The number of hydrogen-bond donors (Lipinski definition) is 1. The van der Waals surface area contributed by atoms with Gasteiger partial charge < -0.3 is 10.1 Å². The van der Waals surface area contributed by atoms with Crippen molar-refractivity contribution in [3.8, 4) is 5.75 Å². The summed E-state index contributed by atoms with van der Waals surface area (Å²) in [6.45, 7) is 3.35. The second kappa shape index (κ2) is 7.79. The van der Waals surface area contributed by atoms with E-state index in [-0.39, 0.29) is 0 Å². The molecule has 0 unspecified atom stereocenters. The Balaban J connectivity index is 2.01. The number of rotatable bonds is 6. The van der Waals surface area contributed by atoms with Gasteiger partial charge in [-0.3, -0.25) is 0 Å². The SMILES string of the molecule is CCCOc1ccc(CNc2cc(Cl)cc(Cl)c2)cc1Cl. The molecule has 21 heavy (non-hydrogen) atoms. The van der Waals surface area contributed by atoms with Crippen LogP contribution in [0.25, 0.3) is 0 Å². The number of ether oxygens (including phenoxy) is 1. The highest BCUT2D eigenvalue weighted by Gasteiger charge is 2.04. The van der Waals surface area contributed by atoms with E-state index in [2.05, 4.69) is 12.2 Å². The molecule has 112 valence electrons. The van der Waals surface area contributed by atoms with Crippen LogP contribution in [0.5, 0.6) is 5.75 Å². The van der Waals surface area contributed by atoms with E-state index in [1.807, 2.05) is 30.3 Å². The van der Waals surface area contributed by atoms with E-state index in [1.165, 1.54) is 0 Å². The summed E-state index contributed by atoms with van der Waals surface area (Å²) in [5, 5.41) is 5.09. The molecule has 0 aliphatic carbocycles. The third kappa shape index (κ3) is 4.99. The molecule has 0 saturated heterocycles. The molecule has 0 bridgehead atoms. The van der Waals surface area contributed by atoms with Crippen LogP contribution in [0.4, 0.5) is 5.69 Å². The van der Waals surface area contributed by atoms with E-state index in [4.69, 9.17) is 39.5 Å². The first kappa shape index (κ1) is 16.3. The first-order valence-electron chi connectivity index (χ1n) is 6.69. The first-order valence-corrected chi connectivity index (χ1v) is 7.83. The highest BCUT2D eigenvalue weighted by molar-refractivity contribution is 6.35. The summed E-state index contributed by atoms with van der Waals surface area (Å²) >= 11 is 18.1. The summed E-state index contributed by atoms with van der Waals surface area (Å²) in [7, 11) is 0. The predicted molar refractivity (Wildman–Crippen MR) is 91.0 cm³/mol. The lowest BCUT2D eigenvalue weighted by Crippen LogP contribution is -2.00. The van der Waals surface area contributed by atoms with Crippen molar-refractivity contribution in [2.75, 3.05) is 11.9 Å². The lowest BCUT2D eigenvalue weighted by Gasteiger charge is -2.10. The maximum atomic E-state index is 6.20. The molecule has 0 radical (unpaired) electrons. The quantitative estimate of drug-likeness (QED) is 0.689. The van der Waals surface area contributed by atoms with Crippen LogP contribution in [0.3, 0.4) is 0 Å². The highest BCUT2D eigenvalue weighted by Crippen LogP contribution is 2.27. The summed E-state index contributed by atoms with van der Waals surface area (Å²) in [6.07, 6.45) is 0.954. The maximum Gasteiger partial charge on any atom is 0.137 e. The second-order valence-corrected chi connectivity index (χ2v) is 5.90. The molecule has 2 nitrogen and oxygen atoms in total. The number of benzene rings is 2. The molecule has 0 spiro atoms. The van der Waals surface area contributed by atoms with Gasteiger partial charge in [-0.15, -0.1) is 0 Å². The van der Waals surface area contributed by atoms with Crippen LogP contribution in [-0.2, 0) is 6.54 Å². The number of nitrogens with one attached hydrogen (secondary N) is 1. The zero-order chi connectivity index (χ0) is 15.2. The van der Waals surface area contributed by atoms with Crippen LogP contribution in [0.15, 0.2) is 36.4 Å². The average molecular weight is 345 g/mol. The van der Waals surface area contributed by atoms with Gasteiger partial charge in [0.2, 0.25) is 0 Å². The molecule has 2 aromatic rings. The molecule has 2 aromatic carbocycles. The van der Waals surface area contributed by atoms with E-state index < -0.39 is 0 Å². The minimum Gasteiger partial charge on any atom is -0.492 e. The molecule has 0 saturated carbocycles. The van der Waals surface area contributed by atoms with Gasteiger partial charge in [-0.25, -0.2) is 0 Å². The summed E-state index contributed by atoms with van der Waals surface area (Å²) in [5.74, 6) is 0.716. The van der Waals surface area contributed by atoms with Crippen molar-refractivity contribution in [2.24, 2.45) is 0 Å². The standard InChI is InChI=1S/C16H16Cl3NO/c1-2-5-21-16-4-3-11(6-15(16)19)10-20-14-8-12(17)7-13(18)9-14/h3-4,6-9,20H,2,5,10H2,1H3. The van der Waals surface area contributed by atoms with Crippen molar-refractivity contribution in [3.05, 3.63) is 57.0 Å². The minimum absolute atomic E-state index is 0.603. The van der Waals surface area contributed by atoms with Gasteiger partial charge in [0.15, 0.2) is 0 Å². The van der Waals surface area contributed by atoms with Crippen molar-refractivity contribution < 1.29 is 4.74 Å². The molecule has 0 atom stereocenters. The molecule has 1 N–H and O–H groups in total. The normalized spacial score (nSPS) is 10.5. The van der Waals surface area contributed by atoms with E-state index in [1.54, 1.807) is 6.07 Å². The Kier molecular flexibility index (Phi) is 6.04. The van der Waals surface area contributed by atoms with Crippen molar-refractivity contribution in [3.63, 3.8) is 0 Å². The molecule has 0 aliphatic heterocycles. The van der Waals surface area contributed by atoms with Gasteiger partial charge in [-0.05, 0) is 42.3 Å². The fourth-order valence-corrected chi connectivity index (χ4v) is 2.63. The molecule has 0 heterocycles. The Morgan fingerprint density at radius 3 is 2.33 bits per heavy atom. The van der Waals surface area contributed by atoms with Gasteiger partial charge in [-0.2, -0.15) is 0 Å². The van der Waals surface area contributed by atoms with E-state index in [0.717, 1.165) is 17.7 Å². The van der Waals surface area contributed by atoms with E-state index in [0.29, 0.717) is 34.0 Å². The molecule has 2 rings (SSSR count). The fourth-order valence-electron chi connectivity index (χ4n) is 1.84. The van der Waals surface area contributed by atoms with Crippen LogP contribution in [-0.4, -0.2) is 6.61 Å². The van der Waals surface area contributed by atoms with Gasteiger partial charge in [0.25, 0.3) is 0 Å². The molecule has 0 aromatic heterocycles. The lowest BCUT2D eigenvalue weighted by atomic mass is 10.2. The lowest BCUT2D eigenvalue weighted by molar-refractivity contribution is 0.317. The zero-order valence-electron chi connectivity index (χ0n) is 11.6. The van der Waals surface area contributed by atoms with Gasteiger partial charge in [0.05, 0.1) is 11.6 Å². The second-order valence-electron chi connectivity index (χ2n) is 4.62. The third-order valence-corrected chi connectivity index (χ3v) is 3.55. The van der Waals surface area contributed by atoms with Crippen molar-refractivity contribution in [2.45, 2.75) is 19.9 Å². The Bertz CT molecular complexity index is 596. The molecule has 0 amide bonds.